The van der Waals surface area contributed by atoms with E-state index in [1.54, 1.807) is 0 Å². The Bertz CT molecular complexity index is 274. The number of aromatic amines is 1. The molecule has 0 aliphatic carbocycles. The summed E-state index contributed by atoms with van der Waals surface area (Å²) in [6, 6.07) is 0. The maximum atomic E-state index is 10.6. The van der Waals surface area contributed by atoms with Gasteiger partial charge in [0.2, 0.25) is 0 Å². The van der Waals surface area contributed by atoms with Crippen molar-refractivity contribution >= 4 is 11.7 Å². The minimum Gasteiger partial charge on any atom is -0.364 e. The molecule has 1 amide bonds. The third kappa shape index (κ3) is 1.43. The number of carbonyl (C=O) groups is 2. The van der Waals surface area contributed by atoms with Crippen LogP contribution in [0.5, 0.6) is 0 Å². The van der Waals surface area contributed by atoms with Gasteiger partial charge < -0.3 is 10.7 Å². The molecule has 0 saturated carbocycles. The number of Topliss-reactive ketones (excluding diaryl/α,β-unsaturated/α-hetero) is 1. The third-order valence-corrected chi connectivity index (χ3v) is 1.17. The summed E-state index contributed by atoms with van der Waals surface area (Å²) >= 11 is 0. The number of aromatic nitrogens is 2. The van der Waals surface area contributed by atoms with E-state index in [2.05, 4.69) is 9.97 Å². The molecule has 1 rings (SSSR count). The van der Waals surface area contributed by atoms with Gasteiger partial charge in [-0.1, -0.05) is 0 Å². The van der Waals surface area contributed by atoms with Gasteiger partial charge in [-0.15, -0.1) is 0 Å². The molecule has 1 aromatic rings. The standard InChI is InChI=1S/C6H7N3O2/c1-3(10)6-8-2-4(9-6)5(7)11/h2H,1H3,(H2,7,11)(H,8,9). The Hall–Kier alpha value is -1.65. The van der Waals surface area contributed by atoms with Crippen LogP contribution in [-0.2, 0) is 0 Å². The highest BCUT2D eigenvalue weighted by Gasteiger charge is 2.07. The minimum absolute atomic E-state index is 0.148. The van der Waals surface area contributed by atoms with Crippen LogP contribution in [0, 0.1) is 0 Å². The zero-order valence-electron chi connectivity index (χ0n) is 5.92. The highest BCUT2D eigenvalue weighted by atomic mass is 16.1. The molecule has 0 unspecified atom stereocenters. The van der Waals surface area contributed by atoms with Crippen LogP contribution in [-0.4, -0.2) is 21.7 Å². The van der Waals surface area contributed by atoms with Crippen LogP contribution in [0.3, 0.4) is 0 Å². The molecule has 5 nitrogen and oxygen atoms in total. The van der Waals surface area contributed by atoms with E-state index in [9.17, 15) is 9.59 Å². The number of amides is 1. The average molecular weight is 153 g/mol. The first kappa shape index (κ1) is 7.46. The number of hydrogen-bond donors (Lipinski definition) is 2. The molecule has 0 aromatic carbocycles. The summed E-state index contributed by atoms with van der Waals surface area (Å²) in [5.41, 5.74) is 5.05. The molecule has 0 aliphatic rings. The Balaban J connectivity index is 2.99. The fourth-order valence-electron chi connectivity index (χ4n) is 0.625. The normalized spacial score (nSPS) is 9.55. The van der Waals surface area contributed by atoms with Crippen molar-refractivity contribution in [1.29, 1.82) is 0 Å². The molecular formula is C6H7N3O2. The van der Waals surface area contributed by atoms with Crippen LogP contribution in [0.25, 0.3) is 0 Å². The van der Waals surface area contributed by atoms with E-state index in [4.69, 9.17) is 5.73 Å². The van der Waals surface area contributed by atoms with Crippen LogP contribution >= 0.6 is 0 Å². The lowest BCUT2D eigenvalue weighted by molar-refractivity contribution is 0.0996. The van der Waals surface area contributed by atoms with Crippen molar-refractivity contribution < 1.29 is 9.59 Å². The number of H-pyrrole nitrogens is 1. The summed E-state index contributed by atoms with van der Waals surface area (Å²) in [4.78, 5) is 27.2. The SMILES string of the molecule is CC(=O)c1ncc(C(N)=O)[nH]1. The number of rotatable bonds is 2. The number of nitrogens with two attached hydrogens (primary N) is 1. The summed E-state index contributed by atoms with van der Waals surface area (Å²) in [6.07, 6.45) is 1.24. The van der Waals surface area contributed by atoms with Crippen molar-refractivity contribution in [3.8, 4) is 0 Å². The maximum Gasteiger partial charge on any atom is 0.266 e. The van der Waals surface area contributed by atoms with Gasteiger partial charge in [-0.2, -0.15) is 0 Å². The number of nitrogens with zero attached hydrogens (tertiary/aromatic N) is 1. The second-order valence-electron chi connectivity index (χ2n) is 2.07. The largest absolute Gasteiger partial charge is 0.364 e. The lowest BCUT2D eigenvalue weighted by Crippen LogP contribution is -2.11. The predicted molar refractivity (Wildman–Crippen MR) is 37.1 cm³/mol. The van der Waals surface area contributed by atoms with Gasteiger partial charge in [0.15, 0.2) is 11.6 Å². The molecule has 0 spiro atoms. The van der Waals surface area contributed by atoms with Gasteiger partial charge in [0.1, 0.15) is 5.69 Å². The van der Waals surface area contributed by atoms with Crippen LogP contribution < -0.4 is 5.73 Å². The van der Waals surface area contributed by atoms with Crippen molar-refractivity contribution in [1.82, 2.24) is 9.97 Å². The van der Waals surface area contributed by atoms with Gasteiger partial charge >= 0.3 is 0 Å². The van der Waals surface area contributed by atoms with Crippen LogP contribution in [0.15, 0.2) is 6.20 Å². The molecule has 0 fully saturated rings. The van der Waals surface area contributed by atoms with E-state index in [1.165, 1.54) is 13.1 Å². The molecule has 3 N–H and O–H groups in total. The van der Waals surface area contributed by atoms with E-state index in [1.807, 2.05) is 0 Å². The second kappa shape index (κ2) is 2.53. The molecule has 58 valence electrons. The maximum absolute atomic E-state index is 10.6. The fraction of sp³-hybridized carbons (Fsp3) is 0.167. The molecule has 0 bridgehead atoms. The van der Waals surface area contributed by atoms with E-state index < -0.39 is 5.91 Å². The zero-order valence-corrected chi connectivity index (χ0v) is 5.92. The summed E-state index contributed by atoms with van der Waals surface area (Å²) < 4.78 is 0. The molecule has 1 heterocycles. The Morgan fingerprint density at radius 2 is 2.27 bits per heavy atom. The Morgan fingerprint density at radius 1 is 1.64 bits per heavy atom. The number of carbonyl (C=O) groups excluding carboxylic acids is 2. The average Bonchev–Trinajstić information content (AvgIpc) is 2.33. The summed E-state index contributed by atoms with van der Waals surface area (Å²) in [7, 11) is 0. The summed E-state index contributed by atoms with van der Waals surface area (Å²) in [5, 5.41) is 0. The molecule has 1 aromatic heterocycles. The van der Waals surface area contributed by atoms with Crippen molar-refractivity contribution in [2.45, 2.75) is 6.92 Å². The highest BCUT2D eigenvalue weighted by Crippen LogP contribution is 1.95. The topological polar surface area (TPSA) is 88.8 Å². The Morgan fingerprint density at radius 3 is 2.55 bits per heavy atom. The molecule has 0 aliphatic heterocycles. The number of hydrogen-bond acceptors (Lipinski definition) is 3. The molecular weight excluding hydrogens is 146 g/mol. The van der Waals surface area contributed by atoms with Crippen molar-refractivity contribution in [2.75, 3.05) is 0 Å². The van der Waals surface area contributed by atoms with Crippen LogP contribution in [0.1, 0.15) is 28.0 Å². The Kier molecular flexibility index (Phi) is 1.72. The zero-order chi connectivity index (χ0) is 8.43. The second-order valence-corrected chi connectivity index (χ2v) is 2.07. The van der Waals surface area contributed by atoms with Crippen molar-refractivity contribution in [3.05, 3.63) is 17.7 Å². The fourth-order valence-corrected chi connectivity index (χ4v) is 0.625. The first-order valence-electron chi connectivity index (χ1n) is 2.97. The van der Waals surface area contributed by atoms with Crippen LogP contribution in [0.4, 0.5) is 0 Å². The summed E-state index contributed by atoms with van der Waals surface area (Å²) in [5.74, 6) is -0.693. The first-order valence-corrected chi connectivity index (χ1v) is 2.97. The van der Waals surface area contributed by atoms with E-state index in [0.717, 1.165) is 0 Å². The van der Waals surface area contributed by atoms with Crippen molar-refractivity contribution in [3.63, 3.8) is 0 Å². The molecule has 5 heteroatoms. The van der Waals surface area contributed by atoms with E-state index in [0.29, 0.717) is 0 Å². The number of imidazole rings is 1. The lowest BCUT2D eigenvalue weighted by atomic mass is 10.4. The number of nitrogens with one attached hydrogen (secondary N) is 1. The van der Waals surface area contributed by atoms with E-state index >= 15 is 0 Å². The minimum atomic E-state index is -0.620. The van der Waals surface area contributed by atoms with Gasteiger partial charge in [0.25, 0.3) is 5.91 Å². The molecule has 0 saturated heterocycles. The summed E-state index contributed by atoms with van der Waals surface area (Å²) in [6.45, 7) is 1.35. The van der Waals surface area contributed by atoms with Gasteiger partial charge in [-0.3, -0.25) is 9.59 Å². The first-order chi connectivity index (χ1) is 5.11. The monoisotopic (exact) mass is 153 g/mol. The van der Waals surface area contributed by atoms with Gasteiger partial charge in [-0.25, -0.2) is 4.98 Å². The smallest absolute Gasteiger partial charge is 0.266 e. The number of primary amides is 1. The Labute approximate surface area is 62.6 Å². The van der Waals surface area contributed by atoms with Crippen molar-refractivity contribution in [2.24, 2.45) is 5.73 Å². The number of ketones is 1. The van der Waals surface area contributed by atoms with Gasteiger partial charge in [0.05, 0.1) is 6.20 Å². The molecule has 0 atom stereocenters. The van der Waals surface area contributed by atoms with Gasteiger partial charge in [-0.05, 0) is 0 Å². The predicted octanol–water partition coefficient (Wildman–Crippen LogP) is -0.289. The quantitative estimate of drug-likeness (QED) is 0.572. The van der Waals surface area contributed by atoms with Crippen LogP contribution in [0.2, 0.25) is 0 Å². The van der Waals surface area contributed by atoms with E-state index in [-0.39, 0.29) is 17.3 Å². The molecule has 11 heavy (non-hydrogen) atoms. The highest BCUT2D eigenvalue weighted by molar-refractivity contribution is 5.94. The third-order valence-electron chi connectivity index (χ3n) is 1.17. The molecule has 0 radical (unpaired) electrons. The lowest BCUT2D eigenvalue weighted by Gasteiger charge is -1.85. The van der Waals surface area contributed by atoms with Gasteiger partial charge in [0, 0.05) is 6.92 Å².